The Balaban J connectivity index is 2.01. The average molecular weight is 233 g/mol. The van der Waals surface area contributed by atoms with E-state index in [9.17, 15) is 0 Å². The predicted molar refractivity (Wildman–Crippen MR) is 72.3 cm³/mol. The molecule has 2 N–H and O–H groups in total. The largest absolute Gasteiger partial charge is 0.354 e. The van der Waals surface area contributed by atoms with Gasteiger partial charge in [0.1, 0.15) is 5.82 Å². The van der Waals surface area contributed by atoms with Crippen LogP contribution in [0.3, 0.4) is 0 Å². The number of pyridine rings is 1. The number of unbranched alkanes of at least 4 members (excludes halogenated alkanes) is 1. The van der Waals surface area contributed by atoms with Gasteiger partial charge in [-0.1, -0.05) is 19.4 Å². The van der Waals surface area contributed by atoms with Gasteiger partial charge in [0.2, 0.25) is 0 Å². The molecule has 17 heavy (non-hydrogen) atoms. The van der Waals surface area contributed by atoms with Crippen molar-refractivity contribution in [3.05, 3.63) is 23.9 Å². The van der Waals surface area contributed by atoms with Gasteiger partial charge in [0.15, 0.2) is 0 Å². The van der Waals surface area contributed by atoms with E-state index in [1.54, 1.807) is 0 Å². The number of anilines is 1. The van der Waals surface area contributed by atoms with Crippen LogP contribution in [0.25, 0.3) is 0 Å². The first kappa shape index (κ1) is 12.4. The first-order chi connectivity index (χ1) is 8.35. The van der Waals surface area contributed by atoms with Gasteiger partial charge in [-0.05, 0) is 43.9 Å². The van der Waals surface area contributed by atoms with Crippen LogP contribution in [0.5, 0.6) is 0 Å². The summed E-state index contributed by atoms with van der Waals surface area (Å²) in [5.41, 5.74) is 6.78. The van der Waals surface area contributed by atoms with Crippen molar-refractivity contribution in [3.63, 3.8) is 0 Å². The third kappa shape index (κ3) is 3.43. The lowest BCUT2D eigenvalue weighted by atomic mass is 10.2. The molecule has 0 spiro atoms. The second kappa shape index (κ2) is 6.01. The first-order valence-electron chi connectivity index (χ1n) is 6.76. The number of nitrogens with two attached hydrogens (primary N) is 1. The molecular formula is C14H23N3. The van der Waals surface area contributed by atoms with Crippen LogP contribution >= 0.6 is 0 Å². The Kier molecular flexibility index (Phi) is 4.37. The molecule has 0 amide bonds. The van der Waals surface area contributed by atoms with Gasteiger partial charge in [-0.3, -0.25) is 0 Å². The van der Waals surface area contributed by atoms with Gasteiger partial charge < -0.3 is 10.6 Å². The normalized spacial score (nSPS) is 14.9. The van der Waals surface area contributed by atoms with E-state index in [4.69, 9.17) is 5.73 Å². The van der Waals surface area contributed by atoms with Crippen LogP contribution in [-0.2, 0) is 6.42 Å². The average Bonchev–Trinajstić information content (AvgIpc) is 3.16. The number of hydrogen-bond donors (Lipinski definition) is 1. The molecular weight excluding hydrogens is 210 g/mol. The molecule has 0 aromatic carbocycles. The zero-order valence-corrected chi connectivity index (χ0v) is 10.7. The fourth-order valence-electron chi connectivity index (χ4n) is 2.10. The van der Waals surface area contributed by atoms with Gasteiger partial charge in [0, 0.05) is 18.8 Å². The van der Waals surface area contributed by atoms with E-state index in [0.717, 1.165) is 24.8 Å². The van der Waals surface area contributed by atoms with Gasteiger partial charge >= 0.3 is 0 Å². The van der Waals surface area contributed by atoms with Crippen molar-refractivity contribution in [3.8, 4) is 0 Å². The minimum absolute atomic E-state index is 0.698. The summed E-state index contributed by atoms with van der Waals surface area (Å²) >= 11 is 0. The lowest BCUT2D eigenvalue weighted by Crippen LogP contribution is -2.27. The van der Waals surface area contributed by atoms with Gasteiger partial charge in [0.25, 0.3) is 0 Å². The van der Waals surface area contributed by atoms with E-state index in [2.05, 4.69) is 28.9 Å². The van der Waals surface area contributed by atoms with Crippen LogP contribution in [-0.4, -0.2) is 24.1 Å². The molecule has 1 heterocycles. The van der Waals surface area contributed by atoms with E-state index in [-0.39, 0.29) is 0 Å². The molecule has 1 aliphatic carbocycles. The second-order valence-corrected chi connectivity index (χ2v) is 4.84. The second-order valence-electron chi connectivity index (χ2n) is 4.84. The Morgan fingerprint density at radius 2 is 2.24 bits per heavy atom. The van der Waals surface area contributed by atoms with Crippen LogP contribution in [0.1, 0.15) is 38.2 Å². The molecule has 0 saturated heterocycles. The molecule has 0 aliphatic heterocycles. The third-order valence-electron chi connectivity index (χ3n) is 3.28. The molecule has 94 valence electrons. The number of rotatable bonds is 7. The summed E-state index contributed by atoms with van der Waals surface area (Å²) in [5.74, 6) is 1.14. The van der Waals surface area contributed by atoms with E-state index in [1.165, 1.54) is 31.2 Å². The Labute approximate surface area is 104 Å². The van der Waals surface area contributed by atoms with Gasteiger partial charge in [0.05, 0.1) is 0 Å². The molecule has 1 aromatic heterocycles. The van der Waals surface area contributed by atoms with Crippen molar-refractivity contribution in [2.75, 3.05) is 18.0 Å². The monoisotopic (exact) mass is 233 g/mol. The smallest absolute Gasteiger partial charge is 0.128 e. The van der Waals surface area contributed by atoms with Gasteiger partial charge in [-0.2, -0.15) is 0 Å². The first-order valence-corrected chi connectivity index (χ1v) is 6.76. The highest BCUT2D eigenvalue weighted by Gasteiger charge is 2.29. The summed E-state index contributed by atoms with van der Waals surface area (Å²) in [6.45, 7) is 4.08. The minimum atomic E-state index is 0.698. The number of nitrogens with zero attached hydrogens (tertiary/aromatic N) is 2. The molecule has 1 aliphatic rings. The SMILES string of the molecule is CCCCN(c1ccc(CCN)cn1)C1CC1. The molecule has 3 heteroatoms. The summed E-state index contributed by atoms with van der Waals surface area (Å²) in [6, 6.07) is 5.06. The maximum absolute atomic E-state index is 5.54. The van der Waals surface area contributed by atoms with Crippen LogP contribution in [0.4, 0.5) is 5.82 Å². The molecule has 0 atom stereocenters. The number of aromatic nitrogens is 1. The van der Waals surface area contributed by atoms with Crippen molar-refractivity contribution in [2.24, 2.45) is 5.73 Å². The number of hydrogen-bond acceptors (Lipinski definition) is 3. The van der Waals surface area contributed by atoms with Crippen molar-refractivity contribution in [2.45, 2.75) is 45.1 Å². The fourth-order valence-corrected chi connectivity index (χ4v) is 2.10. The van der Waals surface area contributed by atoms with Crippen molar-refractivity contribution >= 4 is 5.82 Å². The fraction of sp³-hybridized carbons (Fsp3) is 0.643. The third-order valence-corrected chi connectivity index (χ3v) is 3.28. The molecule has 0 radical (unpaired) electrons. The molecule has 2 rings (SSSR count). The van der Waals surface area contributed by atoms with Crippen LogP contribution in [0.15, 0.2) is 18.3 Å². The van der Waals surface area contributed by atoms with Crippen LogP contribution in [0.2, 0.25) is 0 Å². The van der Waals surface area contributed by atoms with E-state index >= 15 is 0 Å². The summed E-state index contributed by atoms with van der Waals surface area (Å²) in [7, 11) is 0. The molecule has 0 bridgehead atoms. The quantitative estimate of drug-likeness (QED) is 0.786. The lowest BCUT2D eigenvalue weighted by molar-refractivity contribution is 0.704. The summed E-state index contributed by atoms with van der Waals surface area (Å²) in [6.07, 6.45) is 8.05. The van der Waals surface area contributed by atoms with Gasteiger partial charge in [-0.15, -0.1) is 0 Å². The van der Waals surface area contributed by atoms with E-state index in [1.807, 2.05) is 6.20 Å². The van der Waals surface area contributed by atoms with Crippen molar-refractivity contribution in [1.82, 2.24) is 4.98 Å². The molecule has 1 saturated carbocycles. The maximum atomic E-state index is 5.54. The topological polar surface area (TPSA) is 42.1 Å². The molecule has 3 nitrogen and oxygen atoms in total. The molecule has 0 unspecified atom stereocenters. The summed E-state index contributed by atoms with van der Waals surface area (Å²) in [5, 5.41) is 0. The van der Waals surface area contributed by atoms with Crippen LogP contribution in [0, 0.1) is 0 Å². The van der Waals surface area contributed by atoms with Crippen molar-refractivity contribution < 1.29 is 0 Å². The Hall–Kier alpha value is -1.09. The highest BCUT2D eigenvalue weighted by atomic mass is 15.2. The molecule has 1 aromatic rings. The lowest BCUT2D eigenvalue weighted by Gasteiger charge is -2.23. The molecule has 1 fully saturated rings. The highest BCUT2D eigenvalue weighted by Crippen LogP contribution is 2.30. The Morgan fingerprint density at radius 1 is 1.41 bits per heavy atom. The van der Waals surface area contributed by atoms with Crippen LogP contribution < -0.4 is 10.6 Å². The van der Waals surface area contributed by atoms with Gasteiger partial charge in [-0.25, -0.2) is 4.98 Å². The predicted octanol–water partition coefficient (Wildman–Crippen LogP) is 2.35. The standard InChI is InChI=1S/C14H23N3/c1-2-3-10-17(13-5-6-13)14-7-4-12(8-9-15)11-16-14/h4,7,11,13H,2-3,5-6,8-10,15H2,1H3. The Bertz CT molecular complexity index is 330. The van der Waals surface area contributed by atoms with Crippen molar-refractivity contribution in [1.29, 1.82) is 0 Å². The summed E-state index contributed by atoms with van der Waals surface area (Å²) in [4.78, 5) is 7.05. The van der Waals surface area contributed by atoms with E-state index in [0.29, 0.717) is 6.54 Å². The minimum Gasteiger partial charge on any atom is -0.354 e. The van der Waals surface area contributed by atoms with E-state index < -0.39 is 0 Å². The maximum Gasteiger partial charge on any atom is 0.128 e. The highest BCUT2D eigenvalue weighted by molar-refractivity contribution is 5.42. The zero-order valence-electron chi connectivity index (χ0n) is 10.7. The Morgan fingerprint density at radius 3 is 2.76 bits per heavy atom. The summed E-state index contributed by atoms with van der Waals surface area (Å²) < 4.78 is 0. The zero-order chi connectivity index (χ0) is 12.1.